The zero-order valence-corrected chi connectivity index (χ0v) is 18.9. The van der Waals surface area contributed by atoms with E-state index in [2.05, 4.69) is 22.3 Å². The number of hydrogen-bond acceptors (Lipinski definition) is 4. The van der Waals surface area contributed by atoms with E-state index in [4.69, 9.17) is 16.3 Å². The second-order valence-corrected chi connectivity index (χ2v) is 8.05. The minimum atomic E-state index is -0.156. The molecule has 1 fully saturated rings. The van der Waals surface area contributed by atoms with Gasteiger partial charge in [0.2, 0.25) is 5.91 Å². The third-order valence-electron chi connectivity index (χ3n) is 5.42. The second-order valence-electron chi connectivity index (χ2n) is 7.64. The van der Waals surface area contributed by atoms with Gasteiger partial charge < -0.3 is 15.0 Å². The number of anilines is 1. The molecule has 2 amide bonds. The highest BCUT2D eigenvalue weighted by atomic mass is 35.5. The van der Waals surface area contributed by atoms with E-state index in [1.807, 2.05) is 32.0 Å². The molecule has 1 saturated heterocycles. The summed E-state index contributed by atoms with van der Waals surface area (Å²) in [5, 5.41) is 3.20. The fraction of sp³-hybridized carbons (Fsp3) is 0.417. The zero-order chi connectivity index (χ0) is 22.2. The summed E-state index contributed by atoms with van der Waals surface area (Å²) in [6.45, 7) is 8.11. The van der Waals surface area contributed by atoms with Crippen LogP contribution in [-0.4, -0.2) is 60.5 Å². The summed E-state index contributed by atoms with van der Waals surface area (Å²) < 4.78 is 5.80. The summed E-state index contributed by atoms with van der Waals surface area (Å²) in [6, 6.07) is 15.3. The number of benzene rings is 2. The van der Waals surface area contributed by atoms with Gasteiger partial charge in [-0.05, 0) is 37.6 Å². The number of ether oxygens (including phenoxy) is 1. The molecule has 7 heteroatoms. The third-order valence-corrected chi connectivity index (χ3v) is 5.73. The first-order valence-corrected chi connectivity index (χ1v) is 11.1. The molecule has 0 bridgehead atoms. The molecule has 1 aliphatic rings. The van der Waals surface area contributed by atoms with Crippen LogP contribution in [0.1, 0.15) is 36.2 Å². The van der Waals surface area contributed by atoms with Crippen molar-refractivity contribution in [3.8, 4) is 0 Å². The van der Waals surface area contributed by atoms with Crippen LogP contribution in [0.4, 0.5) is 5.69 Å². The number of nitrogens with one attached hydrogen (secondary N) is 1. The lowest BCUT2D eigenvalue weighted by atomic mass is 10.1. The molecule has 0 aliphatic carbocycles. The SMILES string of the molecule is CCN(CC)C(=O)c1ccc(NC(=O)CC2CN(Cc3ccccc3)CCO2)cc1Cl. The Morgan fingerprint density at radius 1 is 1.16 bits per heavy atom. The van der Waals surface area contributed by atoms with Crippen molar-refractivity contribution in [2.24, 2.45) is 0 Å². The summed E-state index contributed by atoms with van der Waals surface area (Å²) in [5.41, 5.74) is 2.26. The van der Waals surface area contributed by atoms with Gasteiger partial charge in [-0.25, -0.2) is 0 Å². The number of amides is 2. The smallest absolute Gasteiger partial charge is 0.255 e. The van der Waals surface area contributed by atoms with Crippen molar-refractivity contribution in [3.05, 3.63) is 64.7 Å². The summed E-state index contributed by atoms with van der Waals surface area (Å²) in [5.74, 6) is -0.243. The summed E-state index contributed by atoms with van der Waals surface area (Å²) in [4.78, 5) is 29.1. The Labute approximate surface area is 189 Å². The first kappa shape index (κ1) is 23.3. The minimum absolute atomic E-state index is 0.109. The molecule has 166 valence electrons. The van der Waals surface area contributed by atoms with Crippen LogP contribution in [0.5, 0.6) is 0 Å². The highest BCUT2D eigenvalue weighted by molar-refractivity contribution is 6.34. The number of morpholine rings is 1. The van der Waals surface area contributed by atoms with Gasteiger partial charge in [0.1, 0.15) is 0 Å². The summed E-state index contributed by atoms with van der Waals surface area (Å²) in [7, 11) is 0. The molecule has 0 saturated carbocycles. The number of halogens is 1. The average molecular weight is 444 g/mol. The first-order valence-electron chi connectivity index (χ1n) is 10.8. The molecule has 1 aliphatic heterocycles. The van der Waals surface area contributed by atoms with E-state index in [9.17, 15) is 9.59 Å². The standard InChI is InChI=1S/C24H30ClN3O3/c1-3-28(4-2)24(30)21-11-10-19(14-22(21)25)26-23(29)15-20-17-27(12-13-31-20)16-18-8-6-5-7-9-18/h5-11,14,20H,3-4,12-13,15-17H2,1-2H3,(H,26,29). The number of carbonyl (C=O) groups is 2. The normalized spacial score (nSPS) is 16.7. The number of hydrogen-bond donors (Lipinski definition) is 1. The van der Waals surface area contributed by atoms with Gasteiger partial charge in [-0.1, -0.05) is 41.9 Å². The molecule has 0 spiro atoms. The van der Waals surface area contributed by atoms with Crippen molar-refractivity contribution in [1.82, 2.24) is 9.80 Å². The van der Waals surface area contributed by atoms with Crippen LogP contribution in [0.15, 0.2) is 48.5 Å². The van der Waals surface area contributed by atoms with Crippen LogP contribution < -0.4 is 5.32 Å². The van der Waals surface area contributed by atoms with Crippen LogP contribution in [0.2, 0.25) is 5.02 Å². The largest absolute Gasteiger partial charge is 0.375 e. The molecule has 6 nitrogen and oxygen atoms in total. The van der Waals surface area contributed by atoms with Crippen LogP contribution in [0.3, 0.4) is 0 Å². The maximum absolute atomic E-state index is 12.5. The van der Waals surface area contributed by atoms with Gasteiger partial charge >= 0.3 is 0 Å². The Kier molecular flexibility index (Phi) is 8.46. The number of nitrogens with zero attached hydrogens (tertiary/aromatic N) is 2. The van der Waals surface area contributed by atoms with Crippen molar-refractivity contribution < 1.29 is 14.3 Å². The molecule has 2 aromatic carbocycles. The minimum Gasteiger partial charge on any atom is -0.375 e. The van der Waals surface area contributed by atoms with Gasteiger partial charge in [0, 0.05) is 38.4 Å². The van der Waals surface area contributed by atoms with E-state index in [0.29, 0.717) is 42.5 Å². The molecule has 1 heterocycles. The Morgan fingerprint density at radius 3 is 2.58 bits per heavy atom. The van der Waals surface area contributed by atoms with E-state index in [-0.39, 0.29) is 24.3 Å². The van der Waals surface area contributed by atoms with Gasteiger partial charge in [0.15, 0.2) is 0 Å². The highest BCUT2D eigenvalue weighted by Gasteiger charge is 2.23. The predicted octanol–water partition coefficient (Wildman–Crippen LogP) is 4.05. The van der Waals surface area contributed by atoms with Crippen molar-refractivity contribution >= 4 is 29.1 Å². The quantitative estimate of drug-likeness (QED) is 0.668. The molecular formula is C24H30ClN3O3. The predicted molar refractivity (Wildman–Crippen MR) is 123 cm³/mol. The van der Waals surface area contributed by atoms with Crippen molar-refractivity contribution in [2.75, 3.05) is 38.1 Å². The fourth-order valence-electron chi connectivity index (χ4n) is 3.76. The van der Waals surface area contributed by atoms with Crippen molar-refractivity contribution in [1.29, 1.82) is 0 Å². The third kappa shape index (κ3) is 6.53. The first-order chi connectivity index (χ1) is 15.0. The topological polar surface area (TPSA) is 61.9 Å². The Hall–Kier alpha value is -2.41. The lowest BCUT2D eigenvalue weighted by molar-refractivity contribution is -0.121. The zero-order valence-electron chi connectivity index (χ0n) is 18.1. The molecule has 0 aromatic heterocycles. The average Bonchev–Trinajstić information content (AvgIpc) is 2.75. The van der Waals surface area contributed by atoms with Crippen LogP contribution in [0.25, 0.3) is 0 Å². The maximum Gasteiger partial charge on any atom is 0.255 e. The lowest BCUT2D eigenvalue weighted by Gasteiger charge is -2.32. The van der Waals surface area contributed by atoms with E-state index in [1.54, 1.807) is 23.1 Å². The molecule has 31 heavy (non-hydrogen) atoms. The summed E-state index contributed by atoms with van der Waals surface area (Å²) in [6.07, 6.45) is 0.111. The van der Waals surface area contributed by atoms with E-state index in [1.165, 1.54) is 5.56 Å². The van der Waals surface area contributed by atoms with Crippen LogP contribution in [-0.2, 0) is 16.1 Å². The second kappa shape index (κ2) is 11.3. The van der Waals surface area contributed by atoms with Gasteiger partial charge in [0.25, 0.3) is 5.91 Å². The van der Waals surface area contributed by atoms with Gasteiger partial charge in [-0.15, -0.1) is 0 Å². The van der Waals surface area contributed by atoms with E-state index >= 15 is 0 Å². The van der Waals surface area contributed by atoms with Crippen molar-refractivity contribution in [3.63, 3.8) is 0 Å². The van der Waals surface area contributed by atoms with E-state index < -0.39 is 0 Å². The fourth-order valence-corrected chi connectivity index (χ4v) is 4.02. The van der Waals surface area contributed by atoms with Gasteiger partial charge in [-0.3, -0.25) is 14.5 Å². The highest BCUT2D eigenvalue weighted by Crippen LogP contribution is 2.23. The molecular weight excluding hydrogens is 414 g/mol. The maximum atomic E-state index is 12.5. The van der Waals surface area contributed by atoms with Gasteiger partial charge in [-0.2, -0.15) is 0 Å². The monoisotopic (exact) mass is 443 g/mol. The Balaban J connectivity index is 1.54. The van der Waals surface area contributed by atoms with Crippen LogP contribution in [0, 0.1) is 0 Å². The van der Waals surface area contributed by atoms with E-state index in [0.717, 1.165) is 13.1 Å². The Bertz CT molecular complexity index is 887. The van der Waals surface area contributed by atoms with Crippen molar-refractivity contribution in [2.45, 2.75) is 32.9 Å². The molecule has 2 aromatic rings. The lowest BCUT2D eigenvalue weighted by Crippen LogP contribution is -2.43. The Morgan fingerprint density at radius 2 is 1.90 bits per heavy atom. The molecule has 3 rings (SSSR count). The number of carbonyl (C=O) groups excluding carboxylic acids is 2. The molecule has 1 atom stereocenters. The molecule has 1 N–H and O–H groups in total. The molecule has 1 unspecified atom stereocenters. The molecule has 0 radical (unpaired) electrons. The van der Waals surface area contributed by atoms with Crippen LogP contribution >= 0.6 is 11.6 Å². The van der Waals surface area contributed by atoms with Gasteiger partial charge in [0.05, 0.1) is 29.7 Å². The number of rotatable bonds is 8. The summed E-state index contributed by atoms with van der Waals surface area (Å²) >= 11 is 6.32.